The molecule has 0 atom stereocenters. The van der Waals surface area contributed by atoms with Crippen LogP contribution in [0.1, 0.15) is 43.3 Å². The van der Waals surface area contributed by atoms with E-state index in [4.69, 9.17) is 4.74 Å². The van der Waals surface area contributed by atoms with Crippen LogP contribution in [0.15, 0.2) is 29.1 Å². The largest absolute Gasteiger partial charge is 0.457 e. The molecule has 0 aliphatic heterocycles. The molecule has 0 aliphatic carbocycles. The molecule has 0 aliphatic rings. The number of hydrogen-bond donors (Lipinski definition) is 2. The zero-order valence-corrected chi connectivity index (χ0v) is 15.7. The third-order valence-corrected chi connectivity index (χ3v) is 5.07. The van der Waals surface area contributed by atoms with Crippen LogP contribution < -0.4 is 5.69 Å². The second-order valence-electron chi connectivity index (χ2n) is 6.17. The van der Waals surface area contributed by atoms with E-state index in [0.29, 0.717) is 22.2 Å². The maximum Gasteiger partial charge on any atom is 0.323 e. The number of ether oxygens (including phenoxy) is 1. The highest BCUT2D eigenvalue weighted by Crippen LogP contribution is 2.22. The van der Waals surface area contributed by atoms with Crippen molar-refractivity contribution in [3.8, 4) is 0 Å². The number of imidazole rings is 1. The van der Waals surface area contributed by atoms with Gasteiger partial charge in [0.05, 0.1) is 17.5 Å². The van der Waals surface area contributed by atoms with E-state index < -0.39 is 12.6 Å². The zero-order chi connectivity index (χ0) is 19.6. The van der Waals surface area contributed by atoms with Crippen LogP contribution in [0.5, 0.6) is 0 Å². The van der Waals surface area contributed by atoms with Crippen LogP contribution in [0.25, 0.3) is 11.0 Å². The highest BCUT2D eigenvalue weighted by molar-refractivity contribution is 7.12. The Labute approximate surface area is 158 Å². The number of thiophene rings is 1. The molecule has 140 valence electrons. The summed E-state index contributed by atoms with van der Waals surface area (Å²) in [4.78, 5) is 54.5. The van der Waals surface area contributed by atoms with Crippen LogP contribution in [0.4, 0.5) is 0 Å². The maximum atomic E-state index is 12.2. The Morgan fingerprint density at radius 2 is 1.74 bits per heavy atom. The van der Waals surface area contributed by atoms with Crippen molar-refractivity contribution in [2.24, 2.45) is 0 Å². The number of fused-ring (bicyclic) bond motifs is 1. The van der Waals surface area contributed by atoms with Crippen LogP contribution in [0.3, 0.4) is 0 Å². The van der Waals surface area contributed by atoms with Gasteiger partial charge >= 0.3 is 11.7 Å². The number of H-pyrrole nitrogens is 2. The number of benzene rings is 1. The smallest absolute Gasteiger partial charge is 0.323 e. The van der Waals surface area contributed by atoms with Gasteiger partial charge in [0, 0.05) is 27.3 Å². The molecule has 0 spiro atoms. The van der Waals surface area contributed by atoms with Crippen molar-refractivity contribution in [3.63, 3.8) is 0 Å². The number of carbonyl (C=O) groups excluding carboxylic acids is 3. The minimum atomic E-state index is -0.600. The number of esters is 1. The van der Waals surface area contributed by atoms with Crippen LogP contribution >= 0.6 is 11.3 Å². The van der Waals surface area contributed by atoms with Crippen molar-refractivity contribution in [3.05, 3.63) is 55.6 Å². The molecular formula is C19H18N2O5S. The Kier molecular flexibility index (Phi) is 5.36. The lowest BCUT2D eigenvalue weighted by Gasteiger charge is -2.05. The van der Waals surface area contributed by atoms with E-state index in [1.807, 2.05) is 19.9 Å². The lowest BCUT2D eigenvalue weighted by Crippen LogP contribution is -2.15. The van der Waals surface area contributed by atoms with Crippen molar-refractivity contribution in [1.29, 1.82) is 0 Å². The molecule has 0 saturated heterocycles. The molecule has 0 saturated carbocycles. The fraction of sp³-hybridized carbons (Fsp3) is 0.263. The number of carbonyl (C=O) groups is 3. The molecule has 7 nitrogen and oxygen atoms in total. The molecule has 2 heterocycles. The lowest BCUT2D eigenvalue weighted by molar-refractivity contribution is -0.142. The summed E-state index contributed by atoms with van der Waals surface area (Å²) in [5.41, 5.74) is 1.69. The SMILES string of the molecule is Cc1cc(C(=O)CCC(=O)OCC(=O)c2ccc3[nH]c(=O)[nH]c3c2)c(C)s1. The third-order valence-electron chi connectivity index (χ3n) is 4.10. The average Bonchev–Trinajstić information content (AvgIpc) is 3.17. The second-order valence-corrected chi connectivity index (χ2v) is 7.63. The molecule has 0 unspecified atom stereocenters. The minimum absolute atomic E-state index is 0.0422. The Morgan fingerprint density at radius 3 is 2.44 bits per heavy atom. The highest BCUT2D eigenvalue weighted by Gasteiger charge is 2.16. The number of aromatic nitrogens is 2. The average molecular weight is 386 g/mol. The van der Waals surface area contributed by atoms with E-state index in [1.165, 1.54) is 17.4 Å². The second kappa shape index (κ2) is 7.71. The van der Waals surface area contributed by atoms with E-state index in [9.17, 15) is 19.2 Å². The number of rotatable bonds is 7. The highest BCUT2D eigenvalue weighted by atomic mass is 32.1. The van der Waals surface area contributed by atoms with E-state index in [-0.39, 0.29) is 30.1 Å². The van der Waals surface area contributed by atoms with Gasteiger partial charge in [-0.05, 0) is 38.1 Å². The first-order valence-corrected chi connectivity index (χ1v) is 9.16. The summed E-state index contributed by atoms with van der Waals surface area (Å²) >= 11 is 1.54. The molecule has 0 amide bonds. The number of aryl methyl sites for hydroxylation is 2. The molecule has 2 aromatic heterocycles. The van der Waals surface area contributed by atoms with Crippen molar-refractivity contribution in [2.45, 2.75) is 26.7 Å². The number of aromatic amines is 2. The molecule has 3 aromatic rings. The van der Waals surface area contributed by atoms with Gasteiger partial charge in [-0.3, -0.25) is 14.4 Å². The quantitative estimate of drug-likeness (QED) is 0.479. The molecule has 1 aromatic carbocycles. The number of hydrogen-bond acceptors (Lipinski definition) is 6. The number of ketones is 2. The molecule has 3 rings (SSSR count). The van der Waals surface area contributed by atoms with Gasteiger partial charge in [0.2, 0.25) is 0 Å². The van der Waals surface area contributed by atoms with Crippen LogP contribution in [0, 0.1) is 13.8 Å². The van der Waals surface area contributed by atoms with Crippen molar-refractivity contribution in [1.82, 2.24) is 9.97 Å². The third kappa shape index (κ3) is 4.40. The van der Waals surface area contributed by atoms with Crippen LogP contribution in [0.2, 0.25) is 0 Å². The van der Waals surface area contributed by atoms with Gasteiger partial charge in [-0.15, -0.1) is 11.3 Å². The molecule has 0 fully saturated rings. The monoisotopic (exact) mass is 386 g/mol. The summed E-state index contributed by atoms with van der Waals surface area (Å²) < 4.78 is 4.98. The van der Waals surface area contributed by atoms with Gasteiger partial charge in [0.25, 0.3) is 0 Å². The van der Waals surface area contributed by atoms with Gasteiger partial charge in [-0.25, -0.2) is 4.79 Å². The van der Waals surface area contributed by atoms with E-state index in [2.05, 4.69) is 9.97 Å². The molecule has 8 heteroatoms. The first-order valence-electron chi connectivity index (χ1n) is 8.34. The first-order chi connectivity index (χ1) is 12.8. The van der Waals surface area contributed by atoms with E-state index >= 15 is 0 Å². The van der Waals surface area contributed by atoms with Crippen LogP contribution in [-0.2, 0) is 9.53 Å². The summed E-state index contributed by atoms with van der Waals surface area (Å²) in [6, 6.07) is 6.49. The fourth-order valence-electron chi connectivity index (χ4n) is 2.77. The normalized spacial score (nSPS) is 10.9. The van der Waals surface area contributed by atoms with E-state index in [1.54, 1.807) is 12.1 Å². The maximum absolute atomic E-state index is 12.2. The summed E-state index contributed by atoms with van der Waals surface area (Å²) in [5, 5.41) is 0. The molecule has 27 heavy (non-hydrogen) atoms. The lowest BCUT2D eigenvalue weighted by atomic mass is 10.1. The summed E-state index contributed by atoms with van der Waals surface area (Å²) in [6.07, 6.45) is -0.0365. The molecule has 0 bridgehead atoms. The fourth-order valence-corrected chi connectivity index (χ4v) is 3.71. The number of nitrogens with one attached hydrogen (secondary N) is 2. The van der Waals surface area contributed by atoms with E-state index in [0.717, 1.165) is 9.75 Å². The van der Waals surface area contributed by atoms with Gasteiger partial charge in [-0.2, -0.15) is 0 Å². The van der Waals surface area contributed by atoms with Crippen molar-refractivity contribution < 1.29 is 19.1 Å². The predicted octanol–water partition coefficient (Wildman–Crippen LogP) is 2.92. The first kappa shape index (κ1) is 18.8. The summed E-state index contributed by atoms with van der Waals surface area (Å²) in [5.74, 6) is -1.10. The summed E-state index contributed by atoms with van der Waals surface area (Å²) in [6.45, 7) is 3.38. The summed E-state index contributed by atoms with van der Waals surface area (Å²) in [7, 11) is 0. The van der Waals surface area contributed by atoms with Gasteiger partial charge in [0.15, 0.2) is 18.2 Å². The predicted molar refractivity (Wildman–Crippen MR) is 102 cm³/mol. The standard InChI is InChI=1S/C19H18N2O5S/c1-10-7-13(11(2)27-10)16(22)5-6-18(24)26-9-17(23)12-3-4-14-15(8-12)21-19(25)20-14/h3-4,7-8H,5-6,9H2,1-2H3,(H2,20,21,25). The minimum Gasteiger partial charge on any atom is -0.457 e. The Hall–Kier alpha value is -3.00. The van der Waals surface area contributed by atoms with Gasteiger partial charge in [0.1, 0.15) is 0 Å². The van der Waals surface area contributed by atoms with Crippen LogP contribution in [-0.4, -0.2) is 34.1 Å². The topological polar surface area (TPSA) is 109 Å². The van der Waals surface area contributed by atoms with Crippen molar-refractivity contribution in [2.75, 3.05) is 6.61 Å². The molecule has 0 radical (unpaired) electrons. The molecule has 2 N–H and O–H groups in total. The molecular weight excluding hydrogens is 368 g/mol. The van der Waals surface area contributed by atoms with Gasteiger partial charge in [-0.1, -0.05) is 0 Å². The Bertz CT molecular complexity index is 1090. The number of Topliss-reactive ketones (excluding diaryl/α,β-unsaturated/α-hetero) is 2. The van der Waals surface area contributed by atoms with Crippen molar-refractivity contribution >= 4 is 39.9 Å². The van der Waals surface area contributed by atoms with Gasteiger partial charge < -0.3 is 14.7 Å². The Balaban J connectivity index is 1.52. The zero-order valence-electron chi connectivity index (χ0n) is 14.9. The Morgan fingerprint density at radius 1 is 1.00 bits per heavy atom.